The number of nitrogens with zero attached hydrogens (tertiary/aromatic N) is 8. The smallest absolute Gasteiger partial charge is 0.242 e. The first-order valence-electron chi connectivity index (χ1n) is 13.5. The number of aryl methyl sites for hydroxylation is 1. The third-order valence-electron chi connectivity index (χ3n) is 7.56. The van der Waals surface area contributed by atoms with Crippen LogP contribution in [0.5, 0.6) is 5.88 Å². The summed E-state index contributed by atoms with van der Waals surface area (Å²) in [6, 6.07) is 6.13. The number of hydrogen-bond acceptors (Lipinski definition) is 9. The molecule has 6 heterocycles. The van der Waals surface area contributed by atoms with Gasteiger partial charge in [0.2, 0.25) is 11.8 Å². The molecule has 2 aliphatic rings. The van der Waals surface area contributed by atoms with Crippen LogP contribution in [0.1, 0.15) is 37.2 Å². The predicted octanol–water partition coefficient (Wildman–Crippen LogP) is 2.53. The molecule has 2 fully saturated rings. The van der Waals surface area contributed by atoms with E-state index in [0.717, 1.165) is 42.9 Å². The highest BCUT2D eigenvalue weighted by Gasteiger charge is 2.32. The molecule has 0 saturated carbocycles. The summed E-state index contributed by atoms with van der Waals surface area (Å²) in [5, 5.41) is 3.26. The zero-order valence-corrected chi connectivity index (χ0v) is 23.1. The van der Waals surface area contributed by atoms with Crippen molar-refractivity contribution in [2.45, 2.75) is 39.3 Å². The Hall–Kier alpha value is -4.03. The summed E-state index contributed by atoms with van der Waals surface area (Å²) in [6.45, 7) is 9.82. The number of nitrogens with one attached hydrogen (secondary N) is 1. The molecule has 0 aromatic carbocycles. The van der Waals surface area contributed by atoms with E-state index in [1.165, 1.54) is 7.11 Å². The van der Waals surface area contributed by atoms with Gasteiger partial charge in [-0.15, -0.1) is 0 Å². The van der Waals surface area contributed by atoms with Crippen LogP contribution in [-0.4, -0.2) is 86.2 Å². The zero-order chi connectivity index (χ0) is 28.0. The van der Waals surface area contributed by atoms with Crippen LogP contribution in [0.3, 0.4) is 0 Å². The Bertz CT molecular complexity index is 1570. The Balaban J connectivity index is 1.23. The lowest BCUT2D eigenvalue weighted by Crippen LogP contribution is -2.63. The number of ether oxygens (including phenoxy) is 1. The molecule has 4 aromatic rings. The van der Waals surface area contributed by atoms with Crippen molar-refractivity contribution < 1.29 is 13.9 Å². The molecule has 0 atom stereocenters. The first-order chi connectivity index (χ1) is 19.3. The number of pyridine rings is 2. The molecule has 6 rings (SSSR count). The number of anilines is 1. The Morgan fingerprint density at radius 3 is 2.60 bits per heavy atom. The van der Waals surface area contributed by atoms with E-state index in [1.807, 2.05) is 19.1 Å². The highest BCUT2D eigenvalue weighted by atomic mass is 19.1. The lowest BCUT2D eigenvalue weighted by molar-refractivity contribution is -0.122. The van der Waals surface area contributed by atoms with Gasteiger partial charge in [0, 0.05) is 44.0 Å². The Morgan fingerprint density at radius 2 is 1.95 bits per heavy atom. The third kappa shape index (κ3) is 4.77. The molecule has 208 valence electrons. The van der Waals surface area contributed by atoms with Crippen LogP contribution in [0, 0.1) is 12.7 Å². The first kappa shape index (κ1) is 26.2. The summed E-state index contributed by atoms with van der Waals surface area (Å²) >= 11 is 0. The van der Waals surface area contributed by atoms with Crippen LogP contribution in [0.2, 0.25) is 0 Å². The number of carbonyl (C=O) groups is 1. The van der Waals surface area contributed by atoms with E-state index in [4.69, 9.17) is 4.74 Å². The van der Waals surface area contributed by atoms with Gasteiger partial charge in [-0.1, -0.05) is 0 Å². The predicted molar refractivity (Wildman–Crippen MR) is 148 cm³/mol. The van der Waals surface area contributed by atoms with Crippen molar-refractivity contribution >= 4 is 22.6 Å². The number of amides is 1. The molecule has 40 heavy (non-hydrogen) atoms. The summed E-state index contributed by atoms with van der Waals surface area (Å²) < 4.78 is 22.6. The first-order valence-corrected chi connectivity index (χ1v) is 13.5. The summed E-state index contributed by atoms with van der Waals surface area (Å²) in [7, 11) is 1.52. The largest absolute Gasteiger partial charge is 0.479 e. The number of hydrogen-bond donors (Lipinski definition) is 1. The number of rotatable bonds is 7. The molecular weight excluding hydrogens is 513 g/mol. The fourth-order valence-electron chi connectivity index (χ4n) is 5.42. The molecule has 0 unspecified atom stereocenters. The molecule has 0 aliphatic carbocycles. The van der Waals surface area contributed by atoms with E-state index in [2.05, 4.69) is 53.6 Å². The van der Waals surface area contributed by atoms with Crippen molar-refractivity contribution in [1.29, 1.82) is 0 Å². The van der Waals surface area contributed by atoms with E-state index in [9.17, 15) is 4.79 Å². The van der Waals surface area contributed by atoms with Crippen molar-refractivity contribution in [3.8, 4) is 17.3 Å². The fourth-order valence-corrected chi connectivity index (χ4v) is 5.42. The Kier molecular flexibility index (Phi) is 6.88. The monoisotopic (exact) mass is 545 g/mol. The van der Waals surface area contributed by atoms with Gasteiger partial charge in [-0.25, -0.2) is 24.3 Å². The maximum atomic E-state index is 15.0. The lowest BCUT2D eigenvalue weighted by atomic mass is 10.1. The molecule has 1 amide bonds. The van der Waals surface area contributed by atoms with E-state index < -0.39 is 5.82 Å². The van der Waals surface area contributed by atoms with Crippen molar-refractivity contribution in [3.63, 3.8) is 0 Å². The van der Waals surface area contributed by atoms with Crippen LogP contribution < -0.4 is 15.0 Å². The van der Waals surface area contributed by atoms with Gasteiger partial charge in [-0.2, -0.15) is 0 Å². The van der Waals surface area contributed by atoms with Crippen molar-refractivity contribution in [1.82, 2.24) is 39.7 Å². The van der Waals surface area contributed by atoms with E-state index >= 15 is 4.39 Å². The van der Waals surface area contributed by atoms with Crippen LogP contribution in [0.15, 0.2) is 30.6 Å². The average Bonchev–Trinajstić information content (AvgIpc) is 3.25. The summed E-state index contributed by atoms with van der Waals surface area (Å²) in [4.78, 5) is 39.2. The number of imidazole rings is 1. The SMILES string of the molecule is COc1nc(-c2nc(Cc3ccc(N4CCN(C5CNC5)CC4=O)cn3)ncc2F)cc2c1nc(C)n2C(C)C. The van der Waals surface area contributed by atoms with E-state index in [-0.39, 0.29) is 17.6 Å². The molecule has 0 bridgehead atoms. The molecule has 0 spiro atoms. The Labute approximate surface area is 231 Å². The minimum atomic E-state index is -0.580. The standard InChI is InChI=1S/C28H32FN9O2/c1-16(2)38-17(3)33-27-23(38)10-22(34-28(27)40-4)26-21(29)14-32-24(35-26)9-18-5-6-19(13-31-18)37-8-7-36(15-25(37)39)20-11-30-12-20/h5-6,10,13-14,16,20,30H,7-9,11-12,15H2,1-4H3. The maximum absolute atomic E-state index is 15.0. The molecule has 11 nitrogen and oxygen atoms in total. The van der Waals surface area contributed by atoms with Gasteiger partial charge < -0.3 is 19.5 Å². The second kappa shape index (κ2) is 10.5. The van der Waals surface area contributed by atoms with Gasteiger partial charge >= 0.3 is 0 Å². The topological polar surface area (TPSA) is 114 Å². The molecule has 1 N–H and O–H groups in total. The molecule has 4 aromatic heterocycles. The van der Waals surface area contributed by atoms with Gasteiger partial charge in [0.15, 0.2) is 11.3 Å². The molecule has 2 aliphatic heterocycles. The van der Waals surface area contributed by atoms with Crippen LogP contribution in [0.25, 0.3) is 22.4 Å². The summed E-state index contributed by atoms with van der Waals surface area (Å²) in [6.07, 6.45) is 3.16. The second-order valence-electron chi connectivity index (χ2n) is 10.5. The normalized spacial score (nSPS) is 16.6. The highest BCUT2D eigenvalue weighted by molar-refractivity contribution is 5.95. The number of aromatic nitrogens is 6. The van der Waals surface area contributed by atoms with Crippen molar-refractivity contribution in [2.75, 3.05) is 44.7 Å². The van der Waals surface area contributed by atoms with Gasteiger partial charge in [0.05, 0.1) is 49.4 Å². The Morgan fingerprint density at radius 1 is 1.12 bits per heavy atom. The third-order valence-corrected chi connectivity index (χ3v) is 7.56. The number of fused-ring (bicyclic) bond motifs is 1. The van der Waals surface area contributed by atoms with Crippen molar-refractivity contribution in [3.05, 3.63) is 53.8 Å². The molecule has 2 saturated heterocycles. The minimum absolute atomic E-state index is 0.0770. The fraction of sp³-hybridized carbons (Fsp3) is 0.429. The average molecular weight is 546 g/mol. The van der Waals surface area contributed by atoms with E-state index in [1.54, 1.807) is 17.2 Å². The van der Waals surface area contributed by atoms with Gasteiger partial charge in [-0.05, 0) is 39.0 Å². The molecular formula is C28H32FN9O2. The van der Waals surface area contributed by atoms with Gasteiger partial charge in [-0.3, -0.25) is 14.7 Å². The van der Waals surface area contributed by atoms with E-state index in [0.29, 0.717) is 54.2 Å². The zero-order valence-electron chi connectivity index (χ0n) is 23.1. The summed E-state index contributed by atoms with van der Waals surface area (Å²) in [5.41, 5.74) is 3.32. The summed E-state index contributed by atoms with van der Waals surface area (Å²) in [5.74, 6) is 1.04. The lowest BCUT2D eigenvalue weighted by Gasteiger charge is -2.42. The number of halogens is 1. The van der Waals surface area contributed by atoms with Gasteiger partial charge in [0.25, 0.3) is 0 Å². The maximum Gasteiger partial charge on any atom is 0.242 e. The quantitative estimate of drug-likeness (QED) is 0.374. The van der Waals surface area contributed by atoms with Crippen LogP contribution in [-0.2, 0) is 11.2 Å². The second-order valence-corrected chi connectivity index (χ2v) is 10.5. The minimum Gasteiger partial charge on any atom is -0.479 e. The van der Waals surface area contributed by atoms with Gasteiger partial charge in [0.1, 0.15) is 17.3 Å². The number of methoxy groups -OCH3 is 1. The number of piperazine rings is 1. The molecule has 12 heteroatoms. The molecule has 0 radical (unpaired) electrons. The van der Waals surface area contributed by atoms with Crippen LogP contribution in [0.4, 0.5) is 10.1 Å². The number of carbonyl (C=O) groups excluding carboxylic acids is 1. The van der Waals surface area contributed by atoms with Crippen molar-refractivity contribution in [2.24, 2.45) is 0 Å². The highest BCUT2D eigenvalue weighted by Crippen LogP contribution is 2.31. The van der Waals surface area contributed by atoms with Crippen LogP contribution >= 0.6 is 0 Å².